The van der Waals surface area contributed by atoms with Crippen molar-refractivity contribution in [1.29, 1.82) is 0 Å². The van der Waals surface area contributed by atoms with Crippen LogP contribution in [0, 0.1) is 10.1 Å². The second-order valence-corrected chi connectivity index (χ2v) is 5.41. The molecule has 0 atom stereocenters. The van der Waals surface area contributed by atoms with Gasteiger partial charge in [-0.25, -0.2) is 0 Å². The van der Waals surface area contributed by atoms with Crippen molar-refractivity contribution in [2.45, 2.75) is 32.6 Å². The molecule has 7 heteroatoms. The van der Waals surface area contributed by atoms with Gasteiger partial charge in [0, 0.05) is 37.2 Å². The van der Waals surface area contributed by atoms with E-state index in [1.165, 1.54) is 11.0 Å². The van der Waals surface area contributed by atoms with Crippen molar-refractivity contribution in [3.8, 4) is 0 Å². The molecule has 0 saturated heterocycles. The van der Waals surface area contributed by atoms with Crippen molar-refractivity contribution >= 4 is 17.6 Å². The van der Waals surface area contributed by atoms with Crippen LogP contribution in [-0.2, 0) is 4.79 Å². The summed E-state index contributed by atoms with van der Waals surface area (Å²) in [6.45, 7) is 3.98. The summed E-state index contributed by atoms with van der Waals surface area (Å²) in [5.41, 5.74) is 0.740. The number of carbonyl (C=O) groups excluding carboxylic acids is 1. The normalized spacial score (nSPS) is 10.5. The van der Waals surface area contributed by atoms with Gasteiger partial charge in [0.2, 0.25) is 0 Å². The third kappa shape index (κ3) is 4.54. The highest BCUT2D eigenvalue weighted by Crippen LogP contribution is 2.27. The predicted octanol–water partition coefficient (Wildman–Crippen LogP) is 2.66. The smallest absolute Gasteiger partial charge is 0.303 e. The van der Waals surface area contributed by atoms with E-state index in [1.807, 2.05) is 13.8 Å². The Balaban J connectivity index is 2.92. The van der Waals surface area contributed by atoms with Crippen LogP contribution in [0.15, 0.2) is 18.2 Å². The van der Waals surface area contributed by atoms with Crippen LogP contribution in [0.25, 0.3) is 0 Å². The van der Waals surface area contributed by atoms with Gasteiger partial charge >= 0.3 is 5.97 Å². The number of carbonyl (C=O) groups is 2. The van der Waals surface area contributed by atoms with Gasteiger partial charge in [0.15, 0.2) is 0 Å². The fraction of sp³-hybridized carbons (Fsp3) is 0.467. The highest BCUT2D eigenvalue weighted by atomic mass is 16.6. The van der Waals surface area contributed by atoms with Gasteiger partial charge in [-0.2, -0.15) is 0 Å². The molecule has 0 radical (unpaired) electrons. The van der Waals surface area contributed by atoms with E-state index in [0.717, 1.165) is 0 Å². The van der Waals surface area contributed by atoms with Crippen molar-refractivity contribution < 1.29 is 19.6 Å². The molecule has 0 aliphatic carbocycles. The van der Waals surface area contributed by atoms with Crippen molar-refractivity contribution in [3.63, 3.8) is 0 Å². The number of hydrogen-bond acceptors (Lipinski definition) is 4. The van der Waals surface area contributed by atoms with Gasteiger partial charge in [-0.05, 0) is 18.4 Å². The summed E-state index contributed by atoms with van der Waals surface area (Å²) >= 11 is 0. The molecule has 0 saturated carbocycles. The van der Waals surface area contributed by atoms with Crippen molar-refractivity contribution in [2.75, 3.05) is 13.6 Å². The molecule has 7 nitrogen and oxygen atoms in total. The first kappa shape index (κ1) is 17.6. The minimum absolute atomic E-state index is 0.0159. The first-order valence-electron chi connectivity index (χ1n) is 6.99. The highest BCUT2D eigenvalue weighted by molar-refractivity contribution is 5.94. The Labute approximate surface area is 128 Å². The van der Waals surface area contributed by atoms with Crippen LogP contribution in [0.1, 0.15) is 48.5 Å². The lowest BCUT2D eigenvalue weighted by atomic mass is 9.99. The molecule has 1 aromatic carbocycles. The minimum atomic E-state index is -0.919. The first-order chi connectivity index (χ1) is 10.2. The first-order valence-corrected chi connectivity index (χ1v) is 6.99. The van der Waals surface area contributed by atoms with Crippen LogP contribution in [-0.4, -0.2) is 40.4 Å². The molecule has 120 valence electrons. The number of hydrogen-bond donors (Lipinski definition) is 1. The molecule has 22 heavy (non-hydrogen) atoms. The zero-order valence-corrected chi connectivity index (χ0v) is 12.9. The Kier molecular flexibility index (Phi) is 6.03. The lowest BCUT2D eigenvalue weighted by molar-refractivity contribution is -0.385. The molecular weight excluding hydrogens is 288 g/mol. The van der Waals surface area contributed by atoms with Gasteiger partial charge in [0.25, 0.3) is 11.6 Å². The van der Waals surface area contributed by atoms with Crippen molar-refractivity contribution in [3.05, 3.63) is 39.4 Å². The van der Waals surface area contributed by atoms with E-state index in [4.69, 9.17) is 5.11 Å². The molecule has 1 rings (SSSR count). The number of carboxylic acids is 1. The molecule has 0 aliphatic rings. The van der Waals surface area contributed by atoms with Gasteiger partial charge in [0.05, 0.1) is 4.92 Å². The quantitative estimate of drug-likeness (QED) is 0.616. The average molecular weight is 308 g/mol. The molecule has 1 N–H and O–H groups in total. The van der Waals surface area contributed by atoms with Crippen LogP contribution < -0.4 is 0 Å². The Morgan fingerprint density at radius 2 is 2.00 bits per heavy atom. The minimum Gasteiger partial charge on any atom is -0.481 e. The summed E-state index contributed by atoms with van der Waals surface area (Å²) < 4.78 is 0. The summed E-state index contributed by atoms with van der Waals surface area (Å²) in [5.74, 6) is -1.29. The molecule has 0 aliphatic heterocycles. The number of carboxylic acid groups (broad SMARTS) is 1. The van der Waals surface area contributed by atoms with Gasteiger partial charge in [-0.15, -0.1) is 0 Å². The Hall–Kier alpha value is -2.44. The maximum Gasteiger partial charge on any atom is 0.303 e. The fourth-order valence-electron chi connectivity index (χ4n) is 2.11. The van der Waals surface area contributed by atoms with E-state index in [9.17, 15) is 19.7 Å². The average Bonchev–Trinajstić information content (AvgIpc) is 2.45. The number of rotatable bonds is 7. The third-order valence-electron chi connectivity index (χ3n) is 3.33. The van der Waals surface area contributed by atoms with E-state index < -0.39 is 10.9 Å². The summed E-state index contributed by atoms with van der Waals surface area (Å²) in [4.78, 5) is 34.7. The highest BCUT2D eigenvalue weighted by Gasteiger charge is 2.20. The SMILES string of the molecule is CC(C)c1ccc(C(=O)N(C)CCCC(=O)O)cc1[N+](=O)[O-]. The summed E-state index contributed by atoms with van der Waals surface area (Å²) in [6, 6.07) is 4.45. The van der Waals surface area contributed by atoms with E-state index >= 15 is 0 Å². The monoisotopic (exact) mass is 308 g/mol. The molecule has 0 bridgehead atoms. The van der Waals surface area contributed by atoms with Crippen molar-refractivity contribution in [2.24, 2.45) is 0 Å². The lowest BCUT2D eigenvalue weighted by Crippen LogP contribution is -2.28. The molecule has 1 aromatic rings. The Morgan fingerprint density at radius 3 is 2.50 bits per heavy atom. The molecule has 0 heterocycles. The third-order valence-corrected chi connectivity index (χ3v) is 3.33. The van der Waals surface area contributed by atoms with E-state index in [1.54, 1.807) is 19.2 Å². The molecule has 1 amide bonds. The number of aliphatic carboxylic acids is 1. The largest absolute Gasteiger partial charge is 0.481 e. The van der Waals surface area contributed by atoms with E-state index in [0.29, 0.717) is 12.0 Å². The van der Waals surface area contributed by atoms with Crippen LogP contribution >= 0.6 is 0 Å². The Morgan fingerprint density at radius 1 is 1.36 bits per heavy atom. The second kappa shape index (κ2) is 7.53. The van der Waals surface area contributed by atoms with Crippen LogP contribution in [0.5, 0.6) is 0 Å². The zero-order valence-electron chi connectivity index (χ0n) is 12.9. The van der Waals surface area contributed by atoms with Gasteiger partial charge in [0.1, 0.15) is 0 Å². The number of nitrogens with zero attached hydrogens (tertiary/aromatic N) is 2. The maximum atomic E-state index is 12.2. The fourth-order valence-corrected chi connectivity index (χ4v) is 2.11. The number of amides is 1. The van der Waals surface area contributed by atoms with E-state index in [2.05, 4.69) is 0 Å². The van der Waals surface area contributed by atoms with Crippen LogP contribution in [0.4, 0.5) is 5.69 Å². The molecule has 0 spiro atoms. The van der Waals surface area contributed by atoms with Gasteiger partial charge in [-0.3, -0.25) is 19.7 Å². The standard InChI is InChI=1S/C15H20N2O5/c1-10(2)12-7-6-11(9-13(12)17(21)22)15(20)16(3)8-4-5-14(18)19/h6-7,9-10H,4-5,8H2,1-3H3,(H,18,19). The summed E-state index contributed by atoms with van der Waals surface area (Å²) in [6.07, 6.45) is 0.313. The van der Waals surface area contributed by atoms with Crippen LogP contribution in [0.3, 0.4) is 0 Å². The van der Waals surface area contributed by atoms with Crippen molar-refractivity contribution in [1.82, 2.24) is 4.90 Å². The predicted molar refractivity (Wildman–Crippen MR) is 81.0 cm³/mol. The number of nitro groups is 1. The van der Waals surface area contributed by atoms with Crippen LogP contribution in [0.2, 0.25) is 0 Å². The van der Waals surface area contributed by atoms with Gasteiger partial charge in [-0.1, -0.05) is 19.9 Å². The summed E-state index contributed by atoms with van der Waals surface area (Å²) in [5, 5.41) is 19.7. The lowest BCUT2D eigenvalue weighted by Gasteiger charge is -2.17. The topological polar surface area (TPSA) is 101 Å². The zero-order chi connectivity index (χ0) is 16.9. The molecule has 0 unspecified atom stereocenters. The second-order valence-electron chi connectivity index (χ2n) is 5.41. The summed E-state index contributed by atoms with van der Waals surface area (Å²) in [7, 11) is 1.55. The number of benzene rings is 1. The molecular formula is C15H20N2O5. The maximum absolute atomic E-state index is 12.2. The molecule has 0 fully saturated rings. The van der Waals surface area contributed by atoms with E-state index in [-0.39, 0.29) is 36.0 Å². The number of nitro benzene ring substituents is 1. The van der Waals surface area contributed by atoms with Gasteiger partial charge < -0.3 is 10.0 Å². The molecule has 0 aromatic heterocycles. The Bertz CT molecular complexity index is 583.